The Hall–Kier alpha value is -0.890. The third kappa shape index (κ3) is 24.6. The van der Waals surface area contributed by atoms with Crippen molar-refractivity contribution in [2.24, 2.45) is 0 Å². The van der Waals surface area contributed by atoms with E-state index in [9.17, 15) is 4.79 Å². The van der Waals surface area contributed by atoms with Crippen LogP contribution in [0.5, 0.6) is 0 Å². The molecule has 2 nitrogen and oxygen atoms in total. The first kappa shape index (κ1) is 16.5. The highest BCUT2D eigenvalue weighted by Gasteiger charge is 1.86. The van der Waals surface area contributed by atoms with Gasteiger partial charge in [-0.25, -0.2) is 0 Å². The van der Waals surface area contributed by atoms with Gasteiger partial charge in [-0.3, -0.25) is 4.79 Å². The Kier molecular flexibility index (Phi) is 12.3. The molecule has 0 bridgehead atoms. The lowest BCUT2D eigenvalue weighted by atomic mass is 10.1. The third-order valence-electron chi connectivity index (χ3n) is 1.44. The Morgan fingerprint density at radius 2 is 1.73 bits per heavy atom. The van der Waals surface area contributed by atoms with Crippen LogP contribution in [0.15, 0.2) is 23.3 Å². The molecule has 0 fully saturated rings. The first-order chi connectivity index (χ1) is 6.90. The summed E-state index contributed by atoms with van der Waals surface area (Å²) in [4.78, 5) is 10.0. The number of carbonyl (C=O) groups is 1. The first-order valence-corrected chi connectivity index (χ1v) is 5.32. The maximum absolute atomic E-state index is 10.0. The molecular weight excluding hydrogens is 188 g/mol. The number of hydrogen-bond acceptors (Lipinski definition) is 2. The summed E-state index contributed by atoms with van der Waals surface area (Å²) in [6, 6.07) is 0. The summed E-state index contributed by atoms with van der Waals surface area (Å²) in [5.74, 6) is 0. The minimum Gasteiger partial charge on any atom is -0.394 e. The third-order valence-corrected chi connectivity index (χ3v) is 1.44. The van der Waals surface area contributed by atoms with Crippen molar-refractivity contribution in [2.75, 3.05) is 0 Å². The van der Waals surface area contributed by atoms with E-state index < -0.39 is 0 Å². The van der Waals surface area contributed by atoms with Crippen molar-refractivity contribution in [1.29, 1.82) is 0 Å². The van der Waals surface area contributed by atoms with Gasteiger partial charge in [-0.1, -0.05) is 17.2 Å². The molecule has 0 aromatic heterocycles. The highest BCUT2D eigenvalue weighted by Crippen LogP contribution is 2.05. The van der Waals surface area contributed by atoms with Crippen LogP contribution >= 0.6 is 0 Å². The van der Waals surface area contributed by atoms with Gasteiger partial charge in [0.15, 0.2) is 0 Å². The molecule has 0 aliphatic carbocycles. The van der Waals surface area contributed by atoms with Crippen LogP contribution in [0.3, 0.4) is 0 Å². The molecule has 0 radical (unpaired) electrons. The fourth-order valence-electron chi connectivity index (χ4n) is 0.788. The maximum atomic E-state index is 10.0. The summed E-state index contributed by atoms with van der Waals surface area (Å²) in [7, 11) is 0. The van der Waals surface area contributed by atoms with Crippen molar-refractivity contribution < 1.29 is 9.90 Å². The van der Waals surface area contributed by atoms with E-state index in [1.54, 1.807) is 19.9 Å². The van der Waals surface area contributed by atoms with Gasteiger partial charge >= 0.3 is 0 Å². The van der Waals surface area contributed by atoms with E-state index >= 15 is 0 Å². The quantitative estimate of drug-likeness (QED) is 0.441. The monoisotopic (exact) mass is 212 g/mol. The van der Waals surface area contributed by atoms with Gasteiger partial charge in [0.1, 0.15) is 6.29 Å². The molecule has 0 spiro atoms. The highest BCUT2D eigenvalue weighted by atomic mass is 16.3. The van der Waals surface area contributed by atoms with E-state index in [0.29, 0.717) is 0 Å². The van der Waals surface area contributed by atoms with Crippen LogP contribution in [-0.2, 0) is 4.79 Å². The SMILES string of the molecule is CC(C)=CCCC(C)=CC=O.CC(C)O. The summed E-state index contributed by atoms with van der Waals surface area (Å²) in [6.07, 6.45) is 6.52. The summed E-state index contributed by atoms with van der Waals surface area (Å²) < 4.78 is 0. The lowest BCUT2D eigenvalue weighted by molar-refractivity contribution is -0.104. The van der Waals surface area contributed by atoms with Gasteiger partial charge in [-0.15, -0.1) is 0 Å². The van der Waals surface area contributed by atoms with Gasteiger partial charge in [0.05, 0.1) is 0 Å². The Morgan fingerprint density at radius 3 is 2.07 bits per heavy atom. The second kappa shape index (κ2) is 11.2. The predicted molar refractivity (Wildman–Crippen MR) is 65.8 cm³/mol. The molecule has 0 atom stereocenters. The Bertz CT molecular complexity index is 206. The zero-order valence-electron chi connectivity index (χ0n) is 10.6. The molecule has 0 rings (SSSR count). The molecule has 0 amide bonds. The highest BCUT2D eigenvalue weighted by molar-refractivity contribution is 5.65. The van der Waals surface area contributed by atoms with Crippen LogP contribution in [0.2, 0.25) is 0 Å². The lowest BCUT2D eigenvalue weighted by Gasteiger charge is -1.94. The van der Waals surface area contributed by atoms with Gasteiger partial charge in [-0.05, 0) is 53.5 Å². The zero-order valence-corrected chi connectivity index (χ0v) is 10.6. The number of hydrogen-bond donors (Lipinski definition) is 1. The minimum atomic E-state index is -0.167. The predicted octanol–water partition coefficient (Wildman–Crippen LogP) is 3.27. The van der Waals surface area contributed by atoms with Gasteiger partial charge in [-0.2, -0.15) is 0 Å². The minimum absolute atomic E-state index is 0.167. The molecule has 1 N–H and O–H groups in total. The molecule has 0 saturated carbocycles. The van der Waals surface area contributed by atoms with Crippen LogP contribution < -0.4 is 0 Å². The van der Waals surface area contributed by atoms with E-state index in [4.69, 9.17) is 5.11 Å². The Balaban J connectivity index is 0. The summed E-state index contributed by atoms with van der Waals surface area (Å²) in [5.41, 5.74) is 2.49. The average molecular weight is 212 g/mol. The Labute approximate surface area is 93.7 Å². The van der Waals surface area contributed by atoms with E-state index in [1.165, 1.54) is 5.57 Å². The second-order valence-corrected chi connectivity index (χ2v) is 4.06. The molecule has 15 heavy (non-hydrogen) atoms. The molecule has 0 aliphatic heterocycles. The van der Waals surface area contributed by atoms with Gasteiger partial charge in [0.25, 0.3) is 0 Å². The standard InChI is InChI=1S/C10H16O.C3H8O/c1-9(2)5-4-6-10(3)7-8-11;1-3(2)4/h5,7-8H,4,6H2,1-3H3;3-4H,1-2H3. The summed E-state index contributed by atoms with van der Waals surface area (Å²) >= 11 is 0. The van der Waals surface area contributed by atoms with E-state index in [0.717, 1.165) is 24.7 Å². The second-order valence-electron chi connectivity index (χ2n) is 4.06. The lowest BCUT2D eigenvalue weighted by Crippen LogP contribution is -1.85. The molecule has 0 saturated heterocycles. The van der Waals surface area contributed by atoms with Crippen molar-refractivity contribution in [3.05, 3.63) is 23.3 Å². The number of rotatable bonds is 4. The van der Waals surface area contributed by atoms with Crippen molar-refractivity contribution in [3.8, 4) is 0 Å². The smallest absolute Gasteiger partial charge is 0.142 e. The van der Waals surface area contributed by atoms with Crippen molar-refractivity contribution in [1.82, 2.24) is 0 Å². The van der Waals surface area contributed by atoms with Crippen molar-refractivity contribution >= 4 is 6.29 Å². The van der Waals surface area contributed by atoms with Crippen molar-refractivity contribution in [2.45, 2.75) is 53.6 Å². The molecule has 0 aliphatic rings. The van der Waals surface area contributed by atoms with Crippen LogP contribution in [0.4, 0.5) is 0 Å². The maximum Gasteiger partial charge on any atom is 0.142 e. The number of aliphatic hydroxyl groups excluding tert-OH is 1. The topological polar surface area (TPSA) is 37.3 Å². The molecule has 0 heterocycles. The van der Waals surface area contributed by atoms with Gasteiger partial charge in [0.2, 0.25) is 0 Å². The van der Waals surface area contributed by atoms with Gasteiger partial charge < -0.3 is 5.11 Å². The molecule has 0 unspecified atom stereocenters. The van der Waals surface area contributed by atoms with Crippen LogP contribution in [-0.4, -0.2) is 17.5 Å². The molecular formula is C13H24O2. The number of aldehydes is 1. The van der Waals surface area contributed by atoms with E-state index in [2.05, 4.69) is 19.9 Å². The first-order valence-electron chi connectivity index (χ1n) is 5.32. The van der Waals surface area contributed by atoms with Gasteiger partial charge in [0, 0.05) is 6.10 Å². The van der Waals surface area contributed by atoms with Crippen LogP contribution in [0.25, 0.3) is 0 Å². The fraction of sp³-hybridized carbons (Fsp3) is 0.615. The number of aliphatic hydroxyl groups is 1. The molecule has 2 heteroatoms. The summed E-state index contributed by atoms with van der Waals surface area (Å²) in [5, 5.41) is 8.06. The number of allylic oxidation sites excluding steroid dienone is 4. The fourth-order valence-corrected chi connectivity index (χ4v) is 0.788. The van der Waals surface area contributed by atoms with Crippen LogP contribution in [0, 0.1) is 0 Å². The van der Waals surface area contributed by atoms with Crippen molar-refractivity contribution in [3.63, 3.8) is 0 Å². The molecule has 0 aromatic rings. The Morgan fingerprint density at radius 1 is 1.27 bits per heavy atom. The normalized spacial score (nSPS) is 10.5. The molecule has 88 valence electrons. The molecule has 0 aromatic carbocycles. The average Bonchev–Trinajstić information content (AvgIpc) is 2.02. The van der Waals surface area contributed by atoms with Crippen LogP contribution in [0.1, 0.15) is 47.5 Å². The largest absolute Gasteiger partial charge is 0.394 e. The number of carbonyl (C=O) groups excluding carboxylic acids is 1. The van der Waals surface area contributed by atoms with E-state index in [1.807, 2.05) is 6.92 Å². The zero-order chi connectivity index (χ0) is 12.3. The summed E-state index contributed by atoms with van der Waals surface area (Å²) in [6.45, 7) is 9.59. The van der Waals surface area contributed by atoms with E-state index in [-0.39, 0.29) is 6.10 Å².